The first-order valence-corrected chi connectivity index (χ1v) is 7.37. The number of hydrogen-bond donors (Lipinski definition) is 1. The summed E-state index contributed by atoms with van der Waals surface area (Å²) < 4.78 is 19.0. The molecule has 10 heteroatoms. The van der Waals surface area contributed by atoms with E-state index in [0.29, 0.717) is 24.6 Å². The van der Waals surface area contributed by atoms with Crippen LogP contribution in [0.5, 0.6) is 0 Å². The summed E-state index contributed by atoms with van der Waals surface area (Å²) in [6, 6.07) is -0.0180. The molecule has 0 aliphatic heterocycles. The van der Waals surface area contributed by atoms with Crippen molar-refractivity contribution >= 4 is 29.6 Å². The number of anilines is 1. The highest BCUT2D eigenvalue weighted by Gasteiger charge is 2.17. The lowest BCUT2D eigenvalue weighted by Gasteiger charge is -1.96. The Morgan fingerprint density at radius 3 is 1.79 bits per heavy atom. The third-order valence-corrected chi connectivity index (χ3v) is 2.67. The molecule has 0 radical (unpaired) electrons. The minimum atomic E-state index is -0.533. The molecule has 0 spiro atoms. The van der Waals surface area contributed by atoms with E-state index in [0.717, 1.165) is 0 Å². The largest absolute Gasteiger partial charge is 0.460 e. The first kappa shape index (κ1) is 19.5. The smallest absolute Gasteiger partial charge is 0.376 e. The van der Waals surface area contributed by atoms with E-state index in [2.05, 4.69) is 9.97 Å². The van der Waals surface area contributed by atoms with E-state index in [-0.39, 0.29) is 22.9 Å². The fourth-order valence-corrected chi connectivity index (χ4v) is 1.76. The van der Waals surface area contributed by atoms with E-state index in [4.69, 9.17) is 35.6 Å². The number of ether oxygens (including phenoxy) is 2. The van der Waals surface area contributed by atoms with Crippen LogP contribution in [0.3, 0.4) is 0 Å². The van der Waals surface area contributed by atoms with Gasteiger partial charge in [0, 0.05) is 0 Å². The van der Waals surface area contributed by atoms with Crippen LogP contribution in [0.15, 0.2) is 8.83 Å². The van der Waals surface area contributed by atoms with Gasteiger partial charge < -0.3 is 24.0 Å². The Labute approximate surface area is 143 Å². The van der Waals surface area contributed by atoms with Crippen LogP contribution in [0.4, 0.5) is 6.01 Å². The Balaban J connectivity index is 0.000000240. The summed E-state index contributed by atoms with van der Waals surface area (Å²) in [5.41, 5.74) is 6.12. The van der Waals surface area contributed by atoms with Gasteiger partial charge in [-0.05, 0) is 39.3 Å². The lowest BCUT2D eigenvalue weighted by Crippen LogP contribution is -2.04. The summed E-state index contributed by atoms with van der Waals surface area (Å²) in [4.78, 5) is 29.6. The van der Waals surface area contributed by atoms with Gasteiger partial charge in [-0.15, -0.1) is 0 Å². The molecule has 24 heavy (non-hydrogen) atoms. The lowest BCUT2D eigenvalue weighted by molar-refractivity contribution is 0.0481. The minimum Gasteiger partial charge on any atom is -0.460 e. The molecule has 2 aromatic rings. The minimum absolute atomic E-state index is 0.0180. The van der Waals surface area contributed by atoms with Crippen LogP contribution in [-0.2, 0) is 9.47 Å². The fourth-order valence-electron chi connectivity index (χ4n) is 1.55. The fraction of sp³-hybridized carbons (Fsp3) is 0.429. The Morgan fingerprint density at radius 1 is 1.00 bits per heavy atom. The highest BCUT2D eigenvalue weighted by atomic mass is 35.5. The highest BCUT2D eigenvalue weighted by Crippen LogP contribution is 2.15. The summed E-state index contributed by atoms with van der Waals surface area (Å²) >= 11 is 5.42. The maximum atomic E-state index is 11.1. The van der Waals surface area contributed by atoms with E-state index in [1.807, 2.05) is 0 Å². The summed E-state index contributed by atoms with van der Waals surface area (Å²) in [6.07, 6.45) is 0. The molecule has 0 fully saturated rings. The average Bonchev–Trinajstić information content (AvgIpc) is 3.01. The predicted octanol–water partition coefficient (Wildman–Crippen LogP) is 2.56. The van der Waals surface area contributed by atoms with E-state index < -0.39 is 11.9 Å². The number of nitrogens with zero attached hydrogens (tertiary/aromatic N) is 2. The van der Waals surface area contributed by atoms with E-state index in [1.165, 1.54) is 0 Å². The number of nitrogens with two attached hydrogens (primary N) is 1. The summed E-state index contributed by atoms with van der Waals surface area (Å²) in [5, 5.41) is -0.0458. The van der Waals surface area contributed by atoms with Crippen LogP contribution >= 0.6 is 11.6 Å². The van der Waals surface area contributed by atoms with Crippen LogP contribution in [0.2, 0.25) is 5.35 Å². The zero-order valence-electron chi connectivity index (χ0n) is 13.7. The van der Waals surface area contributed by atoms with Crippen molar-refractivity contribution in [3.05, 3.63) is 28.3 Å². The number of aryl methyl sites for hydroxylation is 2. The molecule has 0 unspecified atom stereocenters. The molecule has 2 aromatic heterocycles. The second-order valence-electron chi connectivity index (χ2n) is 4.29. The molecular weight excluding hydrogens is 342 g/mol. The van der Waals surface area contributed by atoms with Crippen LogP contribution in [0.25, 0.3) is 0 Å². The number of carbonyl (C=O) groups is 2. The molecule has 132 valence electrons. The Kier molecular flexibility index (Phi) is 7.25. The summed E-state index contributed by atoms with van der Waals surface area (Å²) in [7, 11) is 0. The Hall–Kier alpha value is -2.55. The number of halogens is 1. The van der Waals surface area contributed by atoms with Crippen molar-refractivity contribution in [2.45, 2.75) is 27.7 Å². The van der Waals surface area contributed by atoms with Gasteiger partial charge in [0.25, 0.3) is 11.4 Å². The van der Waals surface area contributed by atoms with E-state index >= 15 is 0 Å². The number of esters is 2. The topological polar surface area (TPSA) is 131 Å². The van der Waals surface area contributed by atoms with Gasteiger partial charge in [-0.3, -0.25) is 0 Å². The number of oxazole rings is 2. The molecule has 0 atom stereocenters. The van der Waals surface area contributed by atoms with Gasteiger partial charge in [0.05, 0.1) is 24.6 Å². The highest BCUT2D eigenvalue weighted by molar-refractivity contribution is 6.27. The molecule has 0 aliphatic rings. The quantitative estimate of drug-likeness (QED) is 0.818. The van der Waals surface area contributed by atoms with E-state index in [1.54, 1.807) is 27.7 Å². The van der Waals surface area contributed by atoms with Gasteiger partial charge in [-0.25, -0.2) is 14.6 Å². The first-order chi connectivity index (χ1) is 11.3. The van der Waals surface area contributed by atoms with Gasteiger partial charge in [0.15, 0.2) is 0 Å². The van der Waals surface area contributed by atoms with Crippen LogP contribution in [0, 0.1) is 13.8 Å². The maximum Gasteiger partial charge on any atom is 0.376 e. The molecule has 0 aliphatic carbocycles. The normalized spacial score (nSPS) is 9.88. The molecule has 2 N–H and O–H groups in total. The van der Waals surface area contributed by atoms with Crippen molar-refractivity contribution in [3.63, 3.8) is 0 Å². The third kappa shape index (κ3) is 5.27. The van der Waals surface area contributed by atoms with Gasteiger partial charge in [0.2, 0.25) is 11.5 Å². The second-order valence-corrected chi connectivity index (χ2v) is 4.61. The molecule has 0 amide bonds. The third-order valence-electron chi connectivity index (χ3n) is 2.51. The van der Waals surface area contributed by atoms with Crippen molar-refractivity contribution in [1.82, 2.24) is 9.97 Å². The van der Waals surface area contributed by atoms with E-state index in [9.17, 15) is 9.59 Å². The molecular formula is C14H18ClN3O6. The first-order valence-electron chi connectivity index (χ1n) is 7.00. The van der Waals surface area contributed by atoms with Crippen LogP contribution in [0.1, 0.15) is 46.3 Å². The van der Waals surface area contributed by atoms with Crippen molar-refractivity contribution in [2.24, 2.45) is 0 Å². The zero-order chi connectivity index (χ0) is 18.3. The number of aromatic nitrogens is 2. The lowest BCUT2D eigenvalue weighted by atomic mass is 10.4. The standard InChI is InChI=1S/C7H8ClNO3.C7H10N2O3/c2*1-3-11-6(10)5-4(2)9-7(8)12-5/h3H2,1-2H3;3H2,1-2H3,(H2,8,9). The Morgan fingerprint density at radius 2 is 1.46 bits per heavy atom. The van der Waals surface area contributed by atoms with Gasteiger partial charge in [0.1, 0.15) is 0 Å². The monoisotopic (exact) mass is 359 g/mol. The maximum absolute atomic E-state index is 11.1. The molecule has 2 rings (SSSR count). The SMILES string of the molecule is CCOC(=O)c1oc(Cl)nc1C.CCOC(=O)c1oc(N)nc1C. The molecule has 2 heterocycles. The van der Waals surface area contributed by atoms with Gasteiger partial charge in [-0.2, -0.15) is 4.98 Å². The molecule has 0 aromatic carbocycles. The molecule has 0 saturated heterocycles. The number of hydrogen-bond acceptors (Lipinski definition) is 9. The number of rotatable bonds is 4. The predicted molar refractivity (Wildman–Crippen MR) is 83.8 cm³/mol. The number of nitrogen functional groups attached to an aromatic ring is 1. The summed E-state index contributed by atoms with van der Waals surface area (Å²) in [5.74, 6) is -0.912. The van der Waals surface area contributed by atoms with Gasteiger partial charge >= 0.3 is 11.9 Å². The molecule has 9 nitrogen and oxygen atoms in total. The van der Waals surface area contributed by atoms with Crippen molar-refractivity contribution < 1.29 is 27.9 Å². The van der Waals surface area contributed by atoms with Gasteiger partial charge in [-0.1, -0.05) is 0 Å². The van der Waals surface area contributed by atoms with Crippen LogP contribution in [-0.4, -0.2) is 35.1 Å². The zero-order valence-corrected chi connectivity index (χ0v) is 14.5. The Bertz CT molecular complexity index is 649. The number of carbonyl (C=O) groups excluding carboxylic acids is 2. The summed E-state index contributed by atoms with van der Waals surface area (Å²) in [6.45, 7) is 7.29. The molecule has 0 bridgehead atoms. The van der Waals surface area contributed by atoms with Crippen molar-refractivity contribution in [1.29, 1.82) is 0 Å². The van der Waals surface area contributed by atoms with Crippen LogP contribution < -0.4 is 5.73 Å². The molecule has 0 saturated carbocycles. The van der Waals surface area contributed by atoms with Crippen molar-refractivity contribution in [3.8, 4) is 0 Å². The van der Waals surface area contributed by atoms with Crippen molar-refractivity contribution in [2.75, 3.05) is 18.9 Å². The second kappa shape index (κ2) is 8.92. The average molecular weight is 360 g/mol.